The van der Waals surface area contributed by atoms with Crippen molar-refractivity contribution in [1.82, 2.24) is 4.90 Å². The van der Waals surface area contributed by atoms with Gasteiger partial charge in [0.25, 0.3) is 0 Å². The van der Waals surface area contributed by atoms with Gasteiger partial charge in [-0.15, -0.1) is 0 Å². The van der Waals surface area contributed by atoms with E-state index in [-0.39, 0.29) is 0 Å². The van der Waals surface area contributed by atoms with Crippen LogP contribution in [0.5, 0.6) is 5.75 Å². The van der Waals surface area contributed by atoms with Crippen molar-refractivity contribution >= 4 is 5.97 Å². The first-order valence-corrected chi connectivity index (χ1v) is 9.57. The Balaban J connectivity index is 1.64. The maximum absolute atomic E-state index is 11.5. The van der Waals surface area contributed by atoms with Gasteiger partial charge in [-0.2, -0.15) is 5.26 Å². The van der Waals surface area contributed by atoms with Gasteiger partial charge in [-0.1, -0.05) is 24.6 Å². The van der Waals surface area contributed by atoms with Gasteiger partial charge in [0, 0.05) is 5.56 Å². The highest BCUT2D eigenvalue weighted by Gasteiger charge is 2.43. The van der Waals surface area contributed by atoms with Crippen LogP contribution in [0.25, 0.3) is 0 Å². The molecule has 0 bridgehead atoms. The van der Waals surface area contributed by atoms with Crippen molar-refractivity contribution in [3.05, 3.63) is 29.8 Å². The molecule has 26 heavy (non-hydrogen) atoms. The molecule has 5 nitrogen and oxygen atoms in total. The van der Waals surface area contributed by atoms with Crippen molar-refractivity contribution in [3.8, 4) is 11.8 Å². The fraction of sp³-hybridized carbons (Fsp3) is 0.619. The summed E-state index contributed by atoms with van der Waals surface area (Å²) in [6.45, 7) is 2.31. The Morgan fingerprint density at radius 2 is 1.96 bits per heavy atom. The number of hydrogen-bond acceptors (Lipinski definition) is 4. The molecule has 3 rings (SSSR count). The van der Waals surface area contributed by atoms with E-state index in [1.165, 1.54) is 0 Å². The molecule has 0 atom stereocenters. The maximum atomic E-state index is 11.5. The van der Waals surface area contributed by atoms with E-state index in [2.05, 4.69) is 18.0 Å². The van der Waals surface area contributed by atoms with Gasteiger partial charge in [-0.25, -0.2) is 0 Å². The molecule has 1 aliphatic heterocycles. The third-order valence-electron chi connectivity index (χ3n) is 6.28. The smallest absolute Gasteiger partial charge is 0.309 e. The molecule has 1 N–H and O–H groups in total. The van der Waals surface area contributed by atoms with Gasteiger partial charge in [-0.05, 0) is 64.7 Å². The summed E-state index contributed by atoms with van der Waals surface area (Å²) in [6.07, 6.45) is 5.58. The third-order valence-corrected chi connectivity index (χ3v) is 6.28. The van der Waals surface area contributed by atoms with E-state index in [1.54, 1.807) is 0 Å². The minimum absolute atomic E-state index is 0.487. The van der Waals surface area contributed by atoms with Crippen LogP contribution in [0.15, 0.2) is 24.3 Å². The summed E-state index contributed by atoms with van der Waals surface area (Å²) >= 11 is 0. The number of hydrogen-bond donors (Lipinski definition) is 1. The number of para-hydroxylation sites is 1. The Morgan fingerprint density at radius 3 is 2.54 bits per heavy atom. The molecule has 2 fully saturated rings. The largest absolute Gasteiger partial charge is 0.493 e. The quantitative estimate of drug-likeness (QED) is 0.756. The molecular formula is C21H28N2O3. The van der Waals surface area contributed by atoms with Crippen molar-refractivity contribution in [2.24, 2.45) is 5.41 Å². The van der Waals surface area contributed by atoms with Crippen LogP contribution < -0.4 is 4.74 Å². The number of ether oxygens (including phenoxy) is 1. The fourth-order valence-corrected chi connectivity index (χ4v) is 4.20. The van der Waals surface area contributed by atoms with Crippen LogP contribution in [0, 0.1) is 16.7 Å². The predicted molar refractivity (Wildman–Crippen MR) is 99.1 cm³/mol. The van der Waals surface area contributed by atoms with E-state index in [0.29, 0.717) is 13.0 Å². The second-order valence-corrected chi connectivity index (χ2v) is 7.88. The van der Waals surface area contributed by atoms with Crippen molar-refractivity contribution in [2.75, 3.05) is 26.7 Å². The summed E-state index contributed by atoms with van der Waals surface area (Å²) < 4.78 is 6.03. The van der Waals surface area contributed by atoms with E-state index in [9.17, 15) is 15.2 Å². The molecular weight excluding hydrogens is 328 g/mol. The Bertz CT molecular complexity index is 683. The Kier molecular flexibility index (Phi) is 5.52. The lowest BCUT2D eigenvalue weighted by atomic mass is 9.66. The molecule has 0 radical (unpaired) electrons. The number of benzene rings is 1. The third kappa shape index (κ3) is 3.57. The highest BCUT2D eigenvalue weighted by atomic mass is 16.5. The summed E-state index contributed by atoms with van der Waals surface area (Å²) in [5, 5.41) is 19.3. The number of piperidine rings is 1. The van der Waals surface area contributed by atoms with E-state index < -0.39 is 16.8 Å². The highest BCUT2D eigenvalue weighted by molar-refractivity contribution is 5.75. The summed E-state index contributed by atoms with van der Waals surface area (Å²) in [4.78, 5) is 13.7. The number of aliphatic carboxylic acids is 1. The number of nitriles is 1. The summed E-state index contributed by atoms with van der Waals surface area (Å²) in [7, 11) is 2.09. The molecule has 1 aliphatic carbocycles. The predicted octanol–water partition coefficient (Wildman–Crippen LogP) is 3.59. The van der Waals surface area contributed by atoms with Gasteiger partial charge >= 0.3 is 5.97 Å². The van der Waals surface area contributed by atoms with Gasteiger partial charge in [0.2, 0.25) is 0 Å². The van der Waals surface area contributed by atoms with Crippen LogP contribution in [0.4, 0.5) is 0 Å². The summed E-state index contributed by atoms with van der Waals surface area (Å²) in [5.74, 6) is 0.107. The molecule has 1 saturated heterocycles. The number of carboxylic acid groups (broad SMARTS) is 1. The monoisotopic (exact) mass is 356 g/mol. The molecule has 0 unspecified atom stereocenters. The number of nitrogens with zero attached hydrogens (tertiary/aromatic N) is 2. The zero-order valence-electron chi connectivity index (χ0n) is 15.5. The Hall–Kier alpha value is -2.06. The second kappa shape index (κ2) is 7.67. The zero-order valence-corrected chi connectivity index (χ0v) is 15.5. The lowest BCUT2D eigenvalue weighted by molar-refractivity contribution is -0.155. The molecule has 0 spiro atoms. The highest BCUT2D eigenvalue weighted by Crippen LogP contribution is 2.45. The SMILES string of the molecule is CN1CCC(C#N)(c2ccccc2OCCCC2(C(=O)O)CCC2)CC1. The second-order valence-electron chi connectivity index (χ2n) is 7.88. The number of likely N-dealkylation sites (tertiary alicyclic amines) is 1. The number of rotatable bonds is 7. The first-order chi connectivity index (χ1) is 12.5. The fourth-order valence-electron chi connectivity index (χ4n) is 4.20. The van der Waals surface area contributed by atoms with E-state index in [0.717, 1.165) is 62.9 Å². The molecule has 5 heteroatoms. The average Bonchev–Trinajstić information content (AvgIpc) is 2.61. The van der Waals surface area contributed by atoms with Crippen molar-refractivity contribution in [3.63, 3.8) is 0 Å². The van der Waals surface area contributed by atoms with Crippen molar-refractivity contribution < 1.29 is 14.6 Å². The van der Waals surface area contributed by atoms with E-state index in [1.807, 2.05) is 24.3 Å². The van der Waals surface area contributed by atoms with Crippen LogP contribution in [-0.4, -0.2) is 42.7 Å². The molecule has 2 aliphatic rings. The maximum Gasteiger partial charge on any atom is 0.309 e. The standard InChI is InChI=1S/C21H28N2O3/c1-23-13-11-21(16-22,12-14-23)17-6-2-3-7-18(17)26-15-5-10-20(19(24)25)8-4-9-20/h2-3,6-7H,4-5,8-15H2,1H3,(H,24,25). The Labute approximate surface area is 155 Å². The minimum atomic E-state index is -0.668. The lowest BCUT2D eigenvalue weighted by Gasteiger charge is -2.38. The first-order valence-electron chi connectivity index (χ1n) is 9.57. The van der Waals surface area contributed by atoms with E-state index in [4.69, 9.17) is 4.74 Å². The van der Waals surface area contributed by atoms with Crippen LogP contribution in [0.1, 0.15) is 50.5 Å². The summed E-state index contributed by atoms with van der Waals surface area (Å²) in [5.41, 5.74) is -0.0310. The molecule has 1 heterocycles. The van der Waals surface area contributed by atoms with Crippen molar-refractivity contribution in [2.45, 2.75) is 50.4 Å². The van der Waals surface area contributed by atoms with Gasteiger partial charge in [0.15, 0.2) is 0 Å². The summed E-state index contributed by atoms with van der Waals surface area (Å²) in [6, 6.07) is 10.4. The molecule has 1 aromatic rings. The normalized spacial score (nSPS) is 21.4. The molecule has 1 aromatic carbocycles. The van der Waals surface area contributed by atoms with Crippen molar-refractivity contribution in [1.29, 1.82) is 5.26 Å². The Morgan fingerprint density at radius 1 is 1.27 bits per heavy atom. The van der Waals surface area contributed by atoms with Gasteiger partial charge < -0.3 is 14.7 Å². The van der Waals surface area contributed by atoms with Crippen LogP contribution >= 0.6 is 0 Å². The molecule has 1 saturated carbocycles. The van der Waals surface area contributed by atoms with E-state index >= 15 is 0 Å². The first kappa shape index (κ1) is 18.7. The molecule has 140 valence electrons. The lowest BCUT2D eigenvalue weighted by Crippen LogP contribution is -2.40. The molecule has 0 aromatic heterocycles. The average molecular weight is 356 g/mol. The molecule has 0 amide bonds. The topological polar surface area (TPSA) is 73.6 Å². The zero-order chi connectivity index (χ0) is 18.6. The minimum Gasteiger partial charge on any atom is -0.493 e. The van der Waals surface area contributed by atoms with Gasteiger partial charge in [0.1, 0.15) is 5.75 Å². The van der Waals surface area contributed by atoms with Crippen LogP contribution in [-0.2, 0) is 10.2 Å². The number of carboxylic acids is 1. The van der Waals surface area contributed by atoms with Crippen LogP contribution in [0.2, 0.25) is 0 Å². The van der Waals surface area contributed by atoms with Crippen LogP contribution in [0.3, 0.4) is 0 Å². The van der Waals surface area contributed by atoms with Gasteiger partial charge in [0.05, 0.1) is 23.5 Å². The number of carbonyl (C=O) groups is 1. The van der Waals surface area contributed by atoms with Gasteiger partial charge in [-0.3, -0.25) is 4.79 Å².